The fourth-order valence-electron chi connectivity index (χ4n) is 1.21. The first kappa shape index (κ1) is 12.7. The lowest BCUT2D eigenvalue weighted by Gasteiger charge is -2.20. The van der Waals surface area contributed by atoms with Gasteiger partial charge in [-0.1, -0.05) is 17.7 Å². The van der Waals surface area contributed by atoms with Crippen LogP contribution in [0.2, 0.25) is 0 Å². The molecule has 88 valence electrons. The second-order valence-electron chi connectivity index (χ2n) is 4.21. The van der Waals surface area contributed by atoms with Gasteiger partial charge in [-0.15, -0.1) is 0 Å². The van der Waals surface area contributed by atoms with Gasteiger partial charge in [0.15, 0.2) is 0 Å². The first-order valence-electron chi connectivity index (χ1n) is 5.13. The molecule has 0 saturated heterocycles. The van der Waals surface area contributed by atoms with E-state index < -0.39 is 5.60 Å². The Hall–Kier alpha value is -1.39. The predicted octanol–water partition coefficient (Wildman–Crippen LogP) is 0.468. The molecule has 0 aromatic heterocycles. The standard InChI is InChI=1S/C12H17NO3/c1-9-4-3-5-10(6-9)11(15)13-7-12(2,16)8-14/h3-6,14,16H,7-8H2,1-2H3,(H,13,15). The molecule has 4 nitrogen and oxygen atoms in total. The van der Waals surface area contributed by atoms with Crippen LogP contribution in [0, 0.1) is 6.92 Å². The fraction of sp³-hybridized carbons (Fsp3) is 0.417. The normalized spacial score (nSPS) is 14.2. The molecule has 0 bridgehead atoms. The lowest BCUT2D eigenvalue weighted by molar-refractivity contribution is 0.00320. The first-order chi connectivity index (χ1) is 7.44. The van der Waals surface area contributed by atoms with Gasteiger partial charge in [-0.2, -0.15) is 0 Å². The van der Waals surface area contributed by atoms with E-state index in [1.807, 2.05) is 13.0 Å². The van der Waals surface area contributed by atoms with Gasteiger partial charge in [0.1, 0.15) is 5.60 Å². The average molecular weight is 223 g/mol. The number of benzene rings is 1. The van der Waals surface area contributed by atoms with Crippen LogP contribution in [0.1, 0.15) is 22.8 Å². The van der Waals surface area contributed by atoms with Crippen LogP contribution in [0.25, 0.3) is 0 Å². The van der Waals surface area contributed by atoms with Crippen LogP contribution < -0.4 is 5.32 Å². The average Bonchev–Trinajstić information content (AvgIpc) is 2.26. The number of carbonyl (C=O) groups excluding carboxylic acids is 1. The van der Waals surface area contributed by atoms with Gasteiger partial charge in [0, 0.05) is 12.1 Å². The van der Waals surface area contributed by atoms with Crippen molar-refractivity contribution in [2.24, 2.45) is 0 Å². The van der Waals surface area contributed by atoms with Crippen molar-refractivity contribution in [3.8, 4) is 0 Å². The number of amides is 1. The lowest BCUT2D eigenvalue weighted by Crippen LogP contribution is -2.43. The highest BCUT2D eigenvalue weighted by atomic mass is 16.3. The smallest absolute Gasteiger partial charge is 0.251 e. The third kappa shape index (κ3) is 3.64. The summed E-state index contributed by atoms with van der Waals surface area (Å²) in [5.74, 6) is -0.252. The molecule has 1 rings (SSSR count). The van der Waals surface area contributed by atoms with Crippen LogP contribution in [-0.2, 0) is 0 Å². The van der Waals surface area contributed by atoms with Crippen LogP contribution in [0.4, 0.5) is 0 Å². The largest absolute Gasteiger partial charge is 0.393 e. The van der Waals surface area contributed by atoms with E-state index in [0.29, 0.717) is 5.56 Å². The number of aliphatic hydroxyl groups excluding tert-OH is 1. The van der Waals surface area contributed by atoms with Gasteiger partial charge < -0.3 is 15.5 Å². The molecule has 0 aliphatic rings. The summed E-state index contributed by atoms with van der Waals surface area (Å²) in [6.07, 6.45) is 0. The maximum atomic E-state index is 11.7. The van der Waals surface area contributed by atoms with E-state index in [-0.39, 0.29) is 19.1 Å². The summed E-state index contributed by atoms with van der Waals surface area (Å²) >= 11 is 0. The molecule has 0 radical (unpaired) electrons. The summed E-state index contributed by atoms with van der Waals surface area (Å²) in [4.78, 5) is 11.7. The molecular weight excluding hydrogens is 206 g/mol. The third-order valence-electron chi connectivity index (χ3n) is 2.25. The molecule has 0 heterocycles. The molecule has 0 saturated carbocycles. The van der Waals surface area contributed by atoms with E-state index >= 15 is 0 Å². The number of carbonyl (C=O) groups is 1. The van der Waals surface area contributed by atoms with Gasteiger partial charge in [0.2, 0.25) is 0 Å². The Morgan fingerprint density at radius 1 is 1.50 bits per heavy atom. The highest BCUT2D eigenvalue weighted by molar-refractivity contribution is 5.94. The van der Waals surface area contributed by atoms with Crippen molar-refractivity contribution in [3.05, 3.63) is 35.4 Å². The number of hydrogen-bond acceptors (Lipinski definition) is 3. The number of aliphatic hydroxyl groups is 2. The van der Waals surface area contributed by atoms with Crippen molar-refractivity contribution >= 4 is 5.91 Å². The molecule has 1 aromatic rings. The van der Waals surface area contributed by atoms with Crippen LogP contribution in [0.3, 0.4) is 0 Å². The van der Waals surface area contributed by atoms with E-state index in [4.69, 9.17) is 5.11 Å². The van der Waals surface area contributed by atoms with Crippen LogP contribution >= 0.6 is 0 Å². The quantitative estimate of drug-likeness (QED) is 0.695. The molecule has 1 amide bonds. The summed E-state index contributed by atoms with van der Waals surface area (Å²) in [6, 6.07) is 7.17. The maximum Gasteiger partial charge on any atom is 0.251 e. The minimum Gasteiger partial charge on any atom is -0.393 e. The van der Waals surface area contributed by atoms with Crippen molar-refractivity contribution in [1.82, 2.24) is 5.32 Å². The van der Waals surface area contributed by atoms with Crippen LogP contribution in [-0.4, -0.2) is 34.9 Å². The number of aryl methyl sites for hydroxylation is 1. The molecule has 0 aliphatic carbocycles. The van der Waals surface area contributed by atoms with Crippen molar-refractivity contribution in [3.63, 3.8) is 0 Å². The van der Waals surface area contributed by atoms with Gasteiger partial charge in [-0.25, -0.2) is 0 Å². The van der Waals surface area contributed by atoms with Crippen molar-refractivity contribution in [2.75, 3.05) is 13.2 Å². The summed E-state index contributed by atoms with van der Waals surface area (Å²) in [5.41, 5.74) is 0.273. The highest BCUT2D eigenvalue weighted by Gasteiger charge is 2.20. The third-order valence-corrected chi connectivity index (χ3v) is 2.25. The van der Waals surface area contributed by atoms with Gasteiger partial charge in [-0.05, 0) is 26.0 Å². The summed E-state index contributed by atoms with van der Waals surface area (Å²) in [6.45, 7) is 3.00. The van der Waals surface area contributed by atoms with E-state index in [2.05, 4.69) is 5.32 Å². The molecule has 3 N–H and O–H groups in total. The Balaban J connectivity index is 2.60. The molecule has 0 spiro atoms. The second-order valence-corrected chi connectivity index (χ2v) is 4.21. The van der Waals surface area contributed by atoms with E-state index in [9.17, 15) is 9.90 Å². The monoisotopic (exact) mass is 223 g/mol. The van der Waals surface area contributed by atoms with Gasteiger partial charge in [0.05, 0.1) is 6.61 Å². The molecule has 0 fully saturated rings. The molecule has 0 aliphatic heterocycles. The Labute approximate surface area is 94.9 Å². The Kier molecular flexibility index (Phi) is 4.04. The van der Waals surface area contributed by atoms with E-state index in [1.54, 1.807) is 18.2 Å². The maximum absolute atomic E-state index is 11.7. The number of hydrogen-bond donors (Lipinski definition) is 3. The second kappa shape index (κ2) is 5.09. The van der Waals surface area contributed by atoms with Gasteiger partial charge in [-0.3, -0.25) is 4.79 Å². The Morgan fingerprint density at radius 2 is 2.19 bits per heavy atom. The Bertz CT molecular complexity index is 374. The minimum absolute atomic E-state index is 0.0241. The first-order valence-corrected chi connectivity index (χ1v) is 5.13. The van der Waals surface area contributed by atoms with Gasteiger partial charge >= 0.3 is 0 Å². The molecule has 1 atom stereocenters. The summed E-state index contributed by atoms with van der Waals surface area (Å²) in [5, 5.41) is 20.9. The van der Waals surface area contributed by atoms with Crippen LogP contribution in [0.5, 0.6) is 0 Å². The van der Waals surface area contributed by atoms with Crippen molar-refractivity contribution < 1.29 is 15.0 Å². The summed E-state index contributed by atoms with van der Waals surface area (Å²) < 4.78 is 0. The molecular formula is C12H17NO3. The molecule has 16 heavy (non-hydrogen) atoms. The lowest BCUT2D eigenvalue weighted by atomic mass is 10.1. The topological polar surface area (TPSA) is 69.6 Å². The zero-order valence-corrected chi connectivity index (χ0v) is 9.53. The predicted molar refractivity (Wildman–Crippen MR) is 61.2 cm³/mol. The van der Waals surface area contributed by atoms with E-state index in [0.717, 1.165) is 5.56 Å². The summed E-state index contributed by atoms with van der Waals surface area (Å²) in [7, 11) is 0. The molecule has 1 aromatic carbocycles. The number of rotatable bonds is 4. The van der Waals surface area contributed by atoms with Crippen LogP contribution in [0.15, 0.2) is 24.3 Å². The zero-order valence-electron chi connectivity index (χ0n) is 9.53. The zero-order chi connectivity index (χ0) is 12.2. The highest BCUT2D eigenvalue weighted by Crippen LogP contribution is 2.05. The van der Waals surface area contributed by atoms with Crippen molar-refractivity contribution in [1.29, 1.82) is 0 Å². The molecule has 4 heteroatoms. The Morgan fingerprint density at radius 3 is 2.75 bits per heavy atom. The van der Waals surface area contributed by atoms with Gasteiger partial charge in [0.25, 0.3) is 5.91 Å². The minimum atomic E-state index is -1.28. The fourth-order valence-corrected chi connectivity index (χ4v) is 1.21. The SMILES string of the molecule is Cc1cccc(C(=O)NCC(C)(O)CO)c1. The number of nitrogens with one attached hydrogen (secondary N) is 1. The van der Waals surface area contributed by atoms with Crippen molar-refractivity contribution in [2.45, 2.75) is 19.4 Å². The molecule has 1 unspecified atom stereocenters. The van der Waals surface area contributed by atoms with E-state index in [1.165, 1.54) is 6.92 Å².